The Labute approximate surface area is 143 Å². The number of urea groups is 1. The van der Waals surface area contributed by atoms with Crippen LogP contribution in [-0.2, 0) is 16.1 Å². The van der Waals surface area contributed by atoms with Gasteiger partial charge in [0.25, 0.3) is 0 Å². The Morgan fingerprint density at radius 2 is 1.88 bits per heavy atom. The number of likely N-dealkylation sites (tertiary alicyclic amines) is 1. The molecule has 1 fully saturated rings. The molecule has 6 nitrogen and oxygen atoms in total. The largest absolute Gasteiger partial charge is 0.373 e. The Morgan fingerprint density at radius 3 is 2.50 bits per heavy atom. The number of carbonyl (C=O) groups is 2. The number of rotatable bonds is 6. The second-order valence-electron chi connectivity index (χ2n) is 6.45. The molecule has 2 rings (SSSR count). The molecule has 0 unspecified atom stereocenters. The molecular weight excluding hydrogens is 306 g/mol. The van der Waals surface area contributed by atoms with E-state index in [-0.39, 0.29) is 24.6 Å². The van der Waals surface area contributed by atoms with Crippen LogP contribution in [0.4, 0.5) is 4.79 Å². The van der Waals surface area contributed by atoms with Crippen molar-refractivity contribution in [2.75, 3.05) is 19.6 Å². The number of imide groups is 1. The maximum atomic E-state index is 11.9. The number of benzene rings is 1. The summed E-state index contributed by atoms with van der Waals surface area (Å²) in [5.41, 5.74) is 1.18. The van der Waals surface area contributed by atoms with Crippen LogP contribution in [0.15, 0.2) is 30.3 Å². The van der Waals surface area contributed by atoms with Crippen molar-refractivity contribution in [2.45, 2.75) is 45.4 Å². The topological polar surface area (TPSA) is 70.7 Å². The van der Waals surface area contributed by atoms with E-state index >= 15 is 0 Å². The summed E-state index contributed by atoms with van der Waals surface area (Å²) in [7, 11) is 0. The summed E-state index contributed by atoms with van der Waals surface area (Å²) in [6, 6.07) is 9.70. The minimum Gasteiger partial charge on any atom is -0.373 e. The molecule has 132 valence electrons. The summed E-state index contributed by atoms with van der Waals surface area (Å²) in [4.78, 5) is 25.4. The SMILES string of the molecule is CC(C)NC(=O)NC(=O)CN1CCC(OCc2ccccc2)CC1. The lowest BCUT2D eigenvalue weighted by molar-refractivity contribution is -0.121. The van der Waals surface area contributed by atoms with E-state index in [1.54, 1.807) is 0 Å². The fraction of sp³-hybridized carbons (Fsp3) is 0.556. The van der Waals surface area contributed by atoms with Crippen molar-refractivity contribution in [2.24, 2.45) is 0 Å². The second-order valence-corrected chi connectivity index (χ2v) is 6.45. The van der Waals surface area contributed by atoms with Gasteiger partial charge < -0.3 is 10.1 Å². The van der Waals surface area contributed by atoms with Crippen LogP contribution in [0.25, 0.3) is 0 Å². The van der Waals surface area contributed by atoms with Crippen LogP contribution >= 0.6 is 0 Å². The smallest absolute Gasteiger partial charge is 0.321 e. The predicted molar refractivity (Wildman–Crippen MR) is 92.5 cm³/mol. The zero-order valence-corrected chi connectivity index (χ0v) is 14.5. The fourth-order valence-corrected chi connectivity index (χ4v) is 2.69. The van der Waals surface area contributed by atoms with Gasteiger partial charge in [0, 0.05) is 19.1 Å². The summed E-state index contributed by atoms with van der Waals surface area (Å²) in [6.45, 7) is 6.18. The molecule has 6 heteroatoms. The van der Waals surface area contributed by atoms with Crippen LogP contribution in [0.5, 0.6) is 0 Å². The third-order valence-electron chi connectivity index (χ3n) is 3.90. The van der Waals surface area contributed by atoms with Crippen molar-refractivity contribution in [3.05, 3.63) is 35.9 Å². The number of piperidine rings is 1. The van der Waals surface area contributed by atoms with Crippen LogP contribution in [0.3, 0.4) is 0 Å². The van der Waals surface area contributed by atoms with Crippen molar-refractivity contribution in [1.29, 1.82) is 0 Å². The van der Waals surface area contributed by atoms with E-state index in [1.165, 1.54) is 5.56 Å². The van der Waals surface area contributed by atoms with E-state index in [0.29, 0.717) is 6.61 Å². The minimum atomic E-state index is -0.434. The Morgan fingerprint density at radius 1 is 1.21 bits per heavy atom. The van der Waals surface area contributed by atoms with Crippen LogP contribution < -0.4 is 10.6 Å². The molecule has 1 heterocycles. The number of amides is 3. The highest BCUT2D eigenvalue weighted by Crippen LogP contribution is 2.15. The first-order valence-corrected chi connectivity index (χ1v) is 8.51. The van der Waals surface area contributed by atoms with Gasteiger partial charge in [0.1, 0.15) is 0 Å². The maximum Gasteiger partial charge on any atom is 0.321 e. The van der Waals surface area contributed by atoms with Crippen molar-refractivity contribution in [1.82, 2.24) is 15.5 Å². The van der Waals surface area contributed by atoms with E-state index in [0.717, 1.165) is 25.9 Å². The standard InChI is InChI=1S/C18H27N3O3/c1-14(2)19-18(23)20-17(22)12-21-10-8-16(9-11-21)24-13-15-6-4-3-5-7-15/h3-7,14,16H,8-13H2,1-2H3,(H2,19,20,22,23). The van der Waals surface area contributed by atoms with Gasteiger partial charge in [-0.1, -0.05) is 30.3 Å². The van der Waals surface area contributed by atoms with E-state index in [2.05, 4.69) is 27.7 Å². The summed E-state index contributed by atoms with van der Waals surface area (Å²) in [6.07, 6.45) is 2.03. The Hall–Kier alpha value is -1.92. The highest BCUT2D eigenvalue weighted by atomic mass is 16.5. The molecule has 3 amide bonds. The molecule has 1 aromatic carbocycles. The minimum absolute atomic E-state index is 0.00954. The molecule has 24 heavy (non-hydrogen) atoms. The first-order chi connectivity index (χ1) is 11.5. The highest BCUT2D eigenvalue weighted by Gasteiger charge is 2.22. The highest BCUT2D eigenvalue weighted by molar-refractivity contribution is 5.95. The zero-order valence-electron chi connectivity index (χ0n) is 14.5. The van der Waals surface area contributed by atoms with Crippen molar-refractivity contribution >= 4 is 11.9 Å². The van der Waals surface area contributed by atoms with Gasteiger partial charge in [-0.05, 0) is 32.3 Å². The molecule has 1 aromatic rings. The zero-order chi connectivity index (χ0) is 17.4. The normalized spacial score (nSPS) is 16.1. The second kappa shape index (κ2) is 9.39. The van der Waals surface area contributed by atoms with Gasteiger partial charge in [-0.25, -0.2) is 4.79 Å². The summed E-state index contributed by atoms with van der Waals surface area (Å²) in [5, 5.41) is 5.00. The summed E-state index contributed by atoms with van der Waals surface area (Å²) >= 11 is 0. The van der Waals surface area contributed by atoms with Gasteiger partial charge in [-0.3, -0.25) is 15.0 Å². The van der Waals surface area contributed by atoms with Crippen LogP contribution in [0, 0.1) is 0 Å². The average molecular weight is 333 g/mol. The lowest BCUT2D eigenvalue weighted by atomic mass is 10.1. The molecule has 2 N–H and O–H groups in total. The number of hydrogen-bond donors (Lipinski definition) is 2. The predicted octanol–water partition coefficient (Wildman–Crippen LogP) is 1.90. The van der Waals surface area contributed by atoms with E-state index in [1.807, 2.05) is 32.0 Å². The fourth-order valence-electron chi connectivity index (χ4n) is 2.69. The number of ether oxygens (including phenoxy) is 1. The number of carbonyl (C=O) groups excluding carboxylic acids is 2. The quantitative estimate of drug-likeness (QED) is 0.834. The molecule has 0 radical (unpaired) electrons. The number of hydrogen-bond acceptors (Lipinski definition) is 4. The maximum absolute atomic E-state index is 11.9. The monoisotopic (exact) mass is 333 g/mol. The molecule has 0 spiro atoms. The average Bonchev–Trinajstić information content (AvgIpc) is 2.54. The van der Waals surface area contributed by atoms with Gasteiger partial charge in [0.2, 0.25) is 5.91 Å². The Bertz CT molecular complexity index is 526. The first kappa shape index (κ1) is 18.4. The lowest BCUT2D eigenvalue weighted by Gasteiger charge is -2.31. The number of nitrogens with zero attached hydrogens (tertiary/aromatic N) is 1. The van der Waals surface area contributed by atoms with Crippen molar-refractivity contribution in [3.8, 4) is 0 Å². The molecule has 0 atom stereocenters. The van der Waals surface area contributed by atoms with Crippen LogP contribution in [-0.4, -0.2) is 48.6 Å². The van der Waals surface area contributed by atoms with Crippen LogP contribution in [0.1, 0.15) is 32.3 Å². The lowest BCUT2D eigenvalue weighted by Crippen LogP contribution is -2.48. The van der Waals surface area contributed by atoms with Gasteiger partial charge in [0.15, 0.2) is 0 Å². The van der Waals surface area contributed by atoms with Gasteiger partial charge in [-0.2, -0.15) is 0 Å². The molecule has 0 aliphatic carbocycles. The Balaban J connectivity index is 1.63. The van der Waals surface area contributed by atoms with Gasteiger partial charge in [0.05, 0.1) is 19.3 Å². The van der Waals surface area contributed by atoms with E-state index in [9.17, 15) is 9.59 Å². The van der Waals surface area contributed by atoms with Crippen LogP contribution in [0.2, 0.25) is 0 Å². The third kappa shape index (κ3) is 6.68. The van der Waals surface area contributed by atoms with E-state index in [4.69, 9.17) is 4.74 Å². The molecule has 1 aliphatic heterocycles. The third-order valence-corrected chi connectivity index (χ3v) is 3.90. The molecule has 1 aliphatic rings. The van der Waals surface area contributed by atoms with Gasteiger partial charge >= 0.3 is 6.03 Å². The molecule has 0 bridgehead atoms. The van der Waals surface area contributed by atoms with Gasteiger partial charge in [-0.15, -0.1) is 0 Å². The molecule has 1 saturated heterocycles. The molecular formula is C18H27N3O3. The molecule has 0 aromatic heterocycles. The number of nitrogens with one attached hydrogen (secondary N) is 2. The van der Waals surface area contributed by atoms with E-state index < -0.39 is 6.03 Å². The van der Waals surface area contributed by atoms with Crippen molar-refractivity contribution < 1.29 is 14.3 Å². The summed E-state index contributed by atoms with van der Waals surface area (Å²) < 4.78 is 5.94. The summed E-state index contributed by atoms with van der Waals surface area (Å²) in [5.74, 6) is -0.267. The molecule has 0 saturated carbocycles. The first-order valence-electron chi connectivity index (χ1n) is 8.51. The van der Waals surface area contributed by atoms with Crippen molar-refractivity contribution in [3.63, 3.8) is 0 Å². The Kier molecular flexibility index (Phi) is 7.21.